The summed E-state index contributed by atoms with van der Waals surface area (Å²) in [5.74, 6) is 2.61. The zero-order valence-corrected chi connectivity index (χ0v) is 20.6. The van der Waals surface area contributed by atoms with Gasteiger partial charge in [-0.1, -0.05) is 19.4 Å². The maximum absolute atomic E-state index is 13.6. The molecule has 8 heteroatoms. The Hall–Kier alpha value is -4.20. The molecule has 0 saturated heterocycles. The lowest BCUT2D eigenvalue weighted by molar-refractivity contribution is 0.0716. The number of hydrogen-bond acceptors (Lipinski definition) is 6. The number of benzene rings is 2. The topological polar surface area (TPSA) is 89.8 Å². The van der Waals surface area contributed by atoms with Gasteiger partial charge in [0.15, 0.2) is 11.5 Å². The summed E-state index contributed by atoms with van der Waals surface area (Å²) in [5, 5.41) is 7.53. The molecule has 1 N–H and O–H groups in total. The summed E-state index contributed by atoms with van der Waals surface area (Å²) >= 11 is 0. The van der Waals surface area contributed by atoms with E-state index in [1.165, 1.54) is 0 Å². The number of carbonyl (C=O) groups excluding carboxylic acids is 1. The molecule has 0 bridgehead atoms. The molecule has 1 amide bonds. The Labute approximate surface area is 209 Å². The van der Waals surface area contributed by atoms with Gasteiger partial charge in [-0.2, -0.15) is 5.10 Å². The third-order valence-electron chi connectivity index (χ3n) is 6.39. The Balaban J connectivity index is 1.59. The number of rotatable bonds is 10. The SMILES string of the molecule is CCCCOc1ccc(C2c3c(-c4ccc(OC)cc4)n[nH]c3C(=O)N2Cc2ccco2)cc1OC. The molecule has 36 heavy (non-hydrogen) atoms. The molecule has 1 atom stereocenters. The smallest absolute Gasteiger partial charge is 0.273 e. The first-order chi connectivity index (χ1) is 17.6. The summed E-state index contributed by atoms with van der Waals surface area (Å²) in [6, 6.07) is 16.8. The third-order valence-corrected chi connectivity index (χ3v) is 6.39. The van der Waals surface area contributed by atoms with Gasteiger partial charge in [-0.3, -0.25) is 9.89 Å². The van der Waals surface area contributed by atoms with E-state index >= 15 is 0 Å². The van der Waals surface area contributed by atoms with Crippen LogP contribution in [0.15, 0.2) is 65.3 Å². The number of unbranched alkanes of at least 4 members (excludes halogenated alkanes) is 1. The number of carbonyl (C=O) groups is 1. The van der Waals surface area contributed by atoms with E-state index in [1.54, 1.807) is 25.4 Å². The van der Waals surface area contributed by atoms with Crippen LogP contribution in [-0.4, -0.2) is 41.8 Å². The van der Waals surface area contributed by atoms with Crippen LogP contribution in [0.3, 0.4) is 0 Å². The van der Waals surface area contributed by atoms with E-state index in [2.05, 4.69) is 17.1 Å². The molecule has 5 rings (SSSR count). The fraction of sp³-hybridized carbons (Fsp3) is 0.286. The number of aromatic amines is 1. The highest BCUT2D eigenvalue weighted by Gasteiger charge is 2.42. The van der Waals surface area contributed by atoms with E-state index < -0.39 is 6.04 Å². The number of furan rings is 1. The molecule has 4 aromatic rings. The molecule has 2 aromatic carbocycles. The van der Waals surface area contributed by atoms with Crippen LogP contribution in [-0.2, 0) is 6.54 Å². The molecule has 0 fully saturated rings. The van der Waals surface area contributed by atoms with Gasteiger partial charge in [-0.25, -0.2) is 0 Å². The number of hydrogen-bond donors (Lipinski definition) is 1. The zero-order valence-electron chi connectivity index (χ0n) is 20.6. The molecule has 1 aliphatic rings. The van der Waals surface area contributed by atoms with Gasteiger partial charge < -0.3 is 23.5 Å². The van der Waals surface area contributed by atoms with E-state index in [0.29, 0.717) is 36.1 Å². The van der Waals surface area contributed by atoms with E-state index in [0.717, 1.165) is 41.0 Å². The number of nitrogens with one attached hydrogen (secondary N) is 1. The standard InChI is InChI=1S/C28H29N3O5/c1-4-5-14-36-22-13-10-19(16-23(22)34-3)27-24-25(18-8-11-20(33-2)12-9-18)29-30-26(24)28(32)31(27)17-21-7-6-15-35-21/h6-13,15-16,27H,4-5,14,17H2,1-3H3,(H,29,30). The number of amides is 1. The second kappa shape index (κ2) is 10.2. The summed E-state index contributed by atoms with van der Waals surface area (Å²) in [4.78, 5) is 15.4. The Kier molecular flexibility index (Phi) is 6.66. The second-order valence-corrected chi connectivity index (χ2v) is 8.62. The van der Waals surface area contributed by atoms with E-state index in [9.17, 15) is 4.79 Å². The molecule has 0 saturated carbocycles. The average Bonchev–Trinajstić information content (AvgIpc) is 3.64. The fourth-order valence-corrected chi connectivity index (χ4v) is 4.55. The highest BCUT2D eigenvalue weighted by atomic mass is 16.5. The van der Waals surface area contributed by atoms with E-state index in [1.807, 2.05) is 54.6 Å². The van der Waals surface area contributed by atoms with Crippen LogP contribution < -0.4 is 14.2 Å². The van der Waals surface area contributed by atoms with Crippen LogP contribution >= 0.6 is 0 Å². The van der Waals surface area contributed by atoms with Gasteiger partial charge in [0.25, 0.3) is 5.91 Å². The predicted octanol–water partition coefficient (Wildman–Crippen LogP) is 5.61. The van der Waals surface area contributed by atoms with Crippen LogP contribution in [0.25, 0.3) is 11.3 Å². The lowest BCUT2D eigenvalue weighted by Crippen LogP contribution is -2.29. The Bertz CT molecular complexity index is 1330. The minimum Gasteiger partial charge on any atom is -0.497 e. The highest BCUT2D eigenvalue weighted by molar-refractivity contribution is 6.00. The zero-order chi connectivity index (χ0) is 25.1. The Morgan fingerprint density at radius 1 is 1.06 bits per heavy atom. The first-order valence-electron chi connectivity index (χ1n) is 12.0. The number of nitrogens with zero attached hydrogens (tertiary/aromatic N) is 2. The summed E-state index contributed by atoms with van der Waals surface area (Å²) in [5.41, 5.74) is 3.79. The van der Waals surface area contributed by atoms with Crippen molar-refractivity contribution in [1.29, 1.82) is 0 Å². The van der Waals surface area contributed by atoms with Crippen molar-refractivity contribution in [3.05, 3.63) is 83.4 Å². The van der Waals surface area contributed by atoms with Crippen LogP contribution in [0.2, 0.25) is 0 Å². The molecule has 1 unspecified atom stereocenters. The van der Waals surface area contributed by atoms with Gasteiger partial charge in [0.2, 0.25) is 0 Å². The van der Waals surface area contributed by atoms with Crippen molar-refractivity contribution in [3.8, 4) is 28.5 Å². The Morgan fingerprint density at radius 3 is 2.58 bits per heavy atom. The van der Waals surface area contributed by atoms with Crippen LogP contribution in [0.1, 0.15) is 53.2 Å². The van der Waals surface area contributed by atoms with Gasteiger partial charge in [0.1, 0.15) is 17.2 Å². The molecule has 2 aromatic heterocycles. The Morgan fingerprint density at radius 2 is 1.89 bits per heavy atom. The quantitative estimate of drug-likeness (QED) is 0.293. The maximum atomic E-state index is 13.6. The van der Waals surface area contributed by atoms with Gasteiger partial charge in [0.05, 0.1) is 45.4 Å². The van der Waals surface area contributed by atoms with Crippen molar-refractivity contribution >= 4 is 5.91 Å². The molecule has 3 heterocycles. The van der Waals surface area contributed by atoms with Crippen LogP contribution in [0.4, 0.5) is 0 Å². The predicted molar refractivity (Wildman–Crippen MR) is 134 cm³/mol. The molecule has 186 valence electrons. The van der Waals surface area contributed by atoms with Crippen molar-refractivity contribution < 1.29 is 23.4 Å². The van der Waals surface area contributed by atoms with E-state index in [-0.39, 0.29) is 5.91 Å². The number of H-pyrrole nitrogens is 1. The number of methoxy groups -OCH3 is 2. The summed E-state index contributed by atoms with van der Waals surface area (Å²) < 4.78 is 22.5. The van der Waals surface area contributed by atoms with Gasteiger partial charge >= 0.3 is 0 Å². The van der Waals surface area contributed by atoms with Crippen molar-refractivity contribution in [2.75, 3.05) is 20.8 Å². The molecular weight excluding hydrogens is 458 g/mol. The molecular formula is C28H29N3O5. The first kappa shape index (κ1) is 23.5. The van der Waals surface area contributed by atoms with Crippen molar-refractivity contribution in [2.45, 2.75) is 32.4 Å². The fourth-order valence-electron chi connectivity index (χ4n) is 4.55. The normalized spacial score (nSPS) is 14.7. The average molecular weight is 488 g/mol. The number of aromatic nitrogens is 2. The maximum Gasteiger partial charge on any atom is 0.273 e. The molecule has 0 spiro atoms. The lowest BCUT2D eigenvalue weighted by Gasteiger charge is -2.26. The van der Waals surface area contributed by atoms with E-state index in [4.69, 9.17) is 18.6 Å². The van der Waals surface area contributed by atoms with Crippen molar-refractivity contribution in [2.24, 2.45) is 0 Å². The van der Waals surface area contributed by atoms with Crippen LogP contribution in [0, 0.1) is 0 Å². The van der Waals surface area contributed by atoms with Gasteiger partial charge in [0, 0.05) is 11.1 Å². The second-order valence-electron chi connectivity index (χ2n) is 8.62. The van der Waals surface area contributed by atoms with Gasteiger partial charge in [-0.15, -0.1) is 0 Å². The third kappa shape index (κ3) is 4.30. The molecule has 0 aliphatic carbocycles. The largest absolute Gasteiger partial charge is 0.497 e. The molecule has 8 nitrogen and oxygen atoms in total. The first-order valence-corrected chi connectivity index (χ1v) is 12.0. The van der Waals surface area contributed by atoms with Crippen LogP contribution in [0.5, 0.6) is 17.2 Å². The summed E-state index contributed by atoms with van der Waals surface area (Å²) in [6.07, 6.45) is 3.62. The minimum atomic E-state index is -0.396. The highest BCUT2D eigenvalue weighted by Crippen LogP contribution is 2.45. The van der Waals surface area contributed by atoms with Crippen molar-refractivity contribution in [3.63, 3.8) is 0 Å². The van der Waals surface area contributed by atoms with Gasteiger partial charge in [-0.05, 0) is 60.5 Å². The monoisotopic (exact) mass is 487 g/mol. The summed E-state index contributed by atoms with van der Waals surface area (Å²) in [6.45, 7) is 3.06. The lowest BCUT2D eigenvalue weighted by atomic mass is 9.95. The molecule has 0 radical (unpaired) electrons. The summed E-state index contributed by atoms with van der Waals surface area (Å²) in [7, 11) is 3.25. The van der Waals surface area contributed by atoms with Crippen molar-refractivity contribution in [1.82, 2.24) is 15.1 Å². The number of ether oxygens (including phenoxy) is 3. The minimum absolute atomic E-state index is 0.138. The molecule has 1 aliphatic heterocycles. The number of fused-ring (bicyclic) bond motifs is 1.